The summed E-state index contributed by atoms with van der Waals surface area (Å²) < 4.78 is 0. The highest BCUT2D eigenvalue weighted by Crippen LogP contribution is 2.01. The molecule has 0 atom stereocenters. The van der Waals surface area contributed by atoms with Crippen molar-refractivity contribution in [2.75, 3.05) is 33.2 Å². The van der Waals surface area contributed by atoms with Crippen molar-refractivity contribution in [3.8, 4) is 0 Å². The summed E-state index contributed by atoms with van der Waals surface area (Å²) in [5.41, 5.74) is 0. The van der Waals surface area contributed by atoms with E-state index in [-0.39, 0.29) is 0 Å². The fourth-order valence-electron chi connectivity index (χ4n) is 1.39. The summed E-state index contributed by atoms with van der Waals surface area (Å²) in [6.07, 6.45) is 3.94. The predicted molar refractivity (Wildman–Crippen MR) is 64.7 cm³/mol. The number of hydrogen-bond acceptors (Lipinski definition) is 2. The third-order valence-electron chi connectivity index (χ3n) is 2.57. The van der Waals surface area contributed by atoms with Crippen molar-refractivity contribution < 1.29 is 0 Å². The van der Waals surface area contributed by atoms with Crippen LogP contribution in [0.15, 0.2) is 0 Å². The Balaban J connectivity index is 2.99. The molecule has 0 heterocycles. The number of rotatable bonds is 9. The molecule has 0 aromatic carbocycles. The second kappa shape index (κ2) is 9.47. The minimum Gasteiger partial charge on any atom is -0.317 e. The first-order chi connectivity index (χ1) is 6.66. The van der Waals surface area contributed by atoms with Crippen LogP contribution in [0, 0.1) is 5.92 Å². The van der Waals surface area contributed by atoms with Gasteiger partial charge in [-0.25, -0.2) is 0 Å². The zero-order valence-corrected chi connectivity index (χ0v) is 10.5. The maximum Gasteiger partial charge on any atom is -0.000981 e. The Labute approximate surface area is 90.1 Å². The van der Waals surface area contributed by atoms with Crippen molar-refractivity contribution in [3.05, 3.63) is 0 Å². The van der Waals surface area contributed by atoms with Gasteiger partial charge in [0, 0.05) is 0 Å². The van der Waals surface area contributed by atoms with Gasteiger partial charge in [-0.3, -0.25) is 0 Å². The van der Waals surface area contributed by atoms with E-state index < -0.39 is 0 Å². The standard InChI is InChI=1S/C12H28N2/c1-5-14(4)11-7-10-13-9-6-8-12(2)3/h12-13H,5-11H2,1-4H3. The Morgan fingerprint density at radius 2 is 1.79 bits per heavy atom. The first-order valence-corrected chi connectivity index (χ1v) is 6.06. The van der Waals surface area contributed by atoms with Gasteiger partial charge in [0.1, 0.15) is 0 Å². The lowest BCUT2D eigenvalue weighted by molar-refractivity contribution is 0.343. The molecule has 0 aliphatic rings. The van der Waals surface area contributed by atoms with Gasteiger partial charge >= 0.3 is 0 Å². The molecule has 1 N–H and O–H groups in total. The number of nitrogens with one attached hydrogen (secondary N) is 1. The van der Waals surface area contributed by atoms with Crippen molar-refractivity contribution in [2.24, 2.45) is 5.92 Å². The lowest BCUT2D eigenvalue weighted by Gasteiger charge is -2.13. The average molecular weight is 200 g/mol. The van der Waals surface area contributed by atoms with Crippen LogP contribution in [0.4, 0.5) is 0 Å². The monoisotopic (exact) mass is 200 g/mol. The smallest absolute Gasteiger partial charge is 0.000981 e. The van der Waals surface area contributed by atoms with Gasteiger partial charge in [-0.1, -0.05) is 20.8 Å². The summed E-state index contributed by atoms with van der Waals surface area (Å²) in [6, 6.07) is 0. The van der Waals surface area contributed by atoms with Crippen molar-refractivity contribution in [3.63, 3.8) is 0 Å². The molecule has 0 unspecified atom stereocenters. The first-order valence-electron chi connectivity index (χ1n) is 6.06. The molecule has 0 aliphatic carbocycles. The summed E-state index contributed by atoms with van der Waals surface area (Å²) in [5.74, 6) is 0.850. The van der Waals surface area contributed by atoms with Crippen LogP contribution in [0.5, 0.6) is 0 Å². The third kappa shape index (κ3) is 10.0. The molecule has 0 saturated heterocycles. The maximum absolute atomic E-state index is 3.49. The minimum absolute atomic E-state index is 0.850. The number of hydrogen-bond donors (Lipinski definition) is 1. The molecular formula is C12H28N2. The summed E-state index contributed by atoms with van der Waals surface area (Å²) in [7, 11) is 2.18. The van der Waals surface area contributed by atoms with Crippen LogP contribution in [0.2, 0.25) is 0 Å². The lowest BCUT2D eigenvalue weighted by Crippen LogP contribution is -2.24. The van der Waals surface area contributed by atoms with E-state index in [1.165, 1.54) is 38.9 Å². The molecule has 2 heteroatoms. The van der Waals surface area contributed by atoms with Crippen molar-refractivity contribution in [2.45, 2.75) is 40.0 Å². The topological polar surface area (TPSA) is 15.3 Å². The second-order valence-electron chi connectivity index (χ2n) is 4.54. The summed E-state index contributed by atoms with van der Waals surface area (Å²) in [5, 5.41) is 3.49. The highest BCUT2D eigenvalue weighted by atomic mass is 15.1. The molecule has 0 bridgehead atoms. The molecule has 0 rings (SSSR count). The van der Waals surface area contributed by atoms with Crippen LogP contribution in [0.1, 0.15) is 40.0 Å². The van der Waals surface area contributed by atoms with Gasteiger partial charge in [0.15, 0.2) is 0 Å². The van der Waals surface area contributed by atoms with Crippen molar-refractivity contribution in [1.82, 2.24) is 10.2 Å². The van der Waals surface area contributed by atoms with Crippen LogP contribution in [0.3, 0.4) is 0 Å². The fourth-order valence-corrected chi connectivity index (χ4v) is 1.39. The van der Waals surface area contributed by atoms with E-state index in [1.807, 2.05) is 0 Å². The van der Waals surface area contributed by atoms with E-state index in [9.17, 15) is 0 Å². The minimum atomic E-state index is 0.850. The molecule has 0 fully saturated rings. The average Bonchev–Trinajstić information content (AvgIpc) is 2.15. The Morgan fingerprint density at radius 3 is 2.36 bits per heavy atom. The molecule has 0 aliphatic heterocycles. The predicted octanol–water partition coefficient (Wildman–Crippen LogP) is 2.35. The van der Waals surface area contributed by atoms with Gasteiger partial charge in [-0.05, 0) is 58.4 Å². The molecule has 0 aromatic rings. The van der Waals surface area contributed by atoms with E-state index >= 15 is 0 Å². The van der Waals surface area contributed by atoms with Gasteiger partial charge in [-0.15, -0.1) is 0 Å². The maximum atomic E-state index is 3.49. The summed E-state index contributed by atoms with van der Waals surface area (Å²) in [6.45, 7) is 11.5. The molecule has 0 spiro atoms. The molecule has 0 saturated carbocycles. The normalized spacial score (nSPS) is 11.6. The quantitative estimate of drug-likeness (QED) is 0.575. The van der Waals surface area contributed by atoms with Crippen LogP contribution < -0.4 is 5.32 Å². The largest absolute Gasteiger partial charge is 0.317 e. The molecule has 0 aromatic heterocycles. The van der Waals surface area contributed by atoms with Gasteiger partial charge in [-0.2, -0.15) is 0 Å². The second-order valence-corrected chi connectivity index (χ2v) is 4.54. The molecule has 86 valence electrons. The zero-order chi connectivity index (χ0) is 10.8. The molecule has 14 heavy (non-hydrogen) atoms. The van der Waals surface area contributed by atoms with Crippen LogP contribution in [-0.2, 0) is 0 Å². The third-order valence-corrected chi connectivity index (χ3v) is 2.57. The van der Waals surface area contributed by atoms with Crippen molar-refractivity contribution >= 4 is 0 Å². The molecule has 0 radical (unpaired) electrons. The zero-order valence-electron chi connectivity index (χ0n) is 10.5. The van der Waals surface area contributed by atoms with Gasteiger partial charge in [0.25, 0.3) is 0 Å². The Hall–Kier alpha value is -0.0800. The van der Waals surface area contributed by atoms with Crippen LogP contribution >= 0.6 is 0 Å². The van der Waals surface area contributed by atoms with E-state index in [2.05, 4.69) is 38.0 Å². The number of nitrogens with zero attached hydrogens (tertiary/aromatic N) is 1. The van der Waals surface area contributed by atoms with E-state index in [4.69, 9.17) is 0 Å². The van der Waals surface area contributed by atoms with E-state index in [0.717, 1.165) is 12.5 Å². The Morgan fingerprint density at radius 1 is 1.14 bits per heavy atom. The highest BCUT2D eigenvalue weighted by Gasteiger charge is 1.95. The first kappa shape index (κ1) is 13.9. The highest BCUT2D eigenvalue weighted by molar-refractivity contribution is 4.53. The van der Waals surface area contributed by atoms with Crippen molar-refractivity contribution in [1.29, 1.82) is 0 Å². The summed E-state index contributed by atoms with van der Waals surface area (Å²) >= 11 is 0. The van der Waals surface area contributed by atoms with Gasteiger partial charge < -0.3 is 10.2 Å². The molecule has 2 nitrogen and oxygen atoms in total. The van der Waals surface area contributed by atoms with Gasteiger partial charge in [0.05, 0.1) is 0 Å². The lowest BCUT2D eigenvalue weighted by atomic mass is 10.1. The Kier molecular flexibility index (Phi) is 9.42. The van der Waals surface area contributed by atoms with E-state index in [0.29, 0.717) is 0 Å². The fraction of sp³-hybridized carbons (Fsp3) is 1.00. The molecule has 0 amide bonds. The molecular weight excluding hydrogens is 172 g/mol. The van der Waals surface area contributed by atoms with Crippen LogP contribution in [0.25, 0.3) is 0 Å². The SMILES string of the molecule is CCN(C)CCCNCCCC(C)C. The van der Waals surface area contributed by atoms with Crippen LogP contribution in [-0.4, -0.2) is 38.1 Å². The Bertz CT molecular complexity index is 113. The summed E-state index contributed by atoms with van der Waals surface area (Å²) in [4.78, 5) is 2.36. The van der Waals surface area contributed by atoms with E-state index in [1.54, 1.807) is 0 Å². The van der Waals surface area contributed by atoms with Gasteiger partial charge in [0.2, 0.25) is 0 Å².